The molecule has 0 aliphatic carbocycles. The number of para-hydroxylation sites is 1. The van der Waals surface area contributed by atoms with Crippen LogP contribution in [0, 0.1) is 0 Å². The van der Waals surface area contributed by atoms with Gasteiger partial charge in [0.2, 0.25) is 5.91 Å². The molecule has 0 bridgehead atoms. The number of nitrogens with one attached hydrogen (secondary N) is 1. The molecule has 0 saturated carbocycles. The van der Waals surface area contributed by atoms with Gasteiger partial charge < -0.3 is 10.2 Å². The van der Waals surface area contributed by atoms with Crippen LogP contribution in [0.25, 0.3) is 10.9 Å². The molecule has 1 atom stereocenters. The number of benzene rings is 1. The maximum Gasteiger partial charge on any atom is 0.252 e. The zero-order valence-electron chi connectivity index (χ0n) is 12.6. The molecule has 2 heterocycles. The number of amides is 2. The minimum absolute atomic E-state index is 0.0820. The Morgan fingerprint density at radius 2 is 2.18 bits per heavy atom. The maximum absolute atomic E-state index is 12.5. The molecule has 1 saturated heterocycles. The number of fused-ring (bicyclic) bond motifs is 1. The molecule has 114 valence electrons. The summed E-state index contributed by atoms with van der Waals surface area (Å²) in [5.74, 6) is 0.0493. The molecule has 2 aromatic rings. The molecule has 5 nitrogen and oxygen atoms in total. The lowest BCUT2D eigenvalue weighted by molar-refractivity contribution is -0.127. The van der Waals surface area contributed by atoms with Gasteiger partial charge in [0.25, 0.3) is 5.91 Å². The van der Waals surface area contributed by atoms with Gasteiger partial charge in [0.1, 0.15) is 0 Å². The summed E-state index contributed by atoms with van der Waals surface area (Å²) in [4.78, 5) is 30.2. The zero-order valence-corrected chi connectivity index (χ0v) is 12.6. The highest BCUT2D eigenvalue weighted by molar-refractivity contribution is 6.06. The number of hydrogen-bond donors (Lipinski definition) is 1. The van der Waals surface area contributed by atoms with E-state index in [0.717, 1.165) is 23.9 Å². The molecule has 5 heteroatoms. The molecule has 1 aromatic carbocycles. The van der Waals surface area contributed by atoms with Crippen LogP contribution < -0.4 is 5.32 Å². The van der Waals surface area contributed by atoms with E-state index in [-0.39, 0.29) is 17.9 Å². The topological polar surface area (TPSA) is 62.3 Å². The quantitative estimate of drug-likeness (QED) is 0.938. The lowest BCUT2D eigenvalue weighted by Crippen LogP contribution is -2.42. The van der Waals surface area contributed by atoms with Crippen molar-refractivity contribution in [2.24, 2.45) is 0 Å². The van der Waals surface area contributed by atoms with Gasteiger partial charge in [0.05, 0.1) is 11.1 Å². The first-order valence-corrected chi connectivity index (χ1v) is 7.57. The van der Waals surface area contributed by atoms with Crippen molar-refractivity contribution in [1.82, 2.24) is 15.2 Å². The van der Waals surface area contributed by atoms with Crippen LogP contribution in [0.2, 0.25) is 0 Å². The first kappa shape index (κ1) is 14.5. The zero-order chi connectivity index (χ0) is 15.5. The Kier molecular flexibility index (Phi) is 4.04. The van der Waals surface area contributed by atoms with Crippen molar-refractivity contribution >= 4 is 22.7 Å². The first-order valence-electron chi connectivity index (χ1n) is 7.57. The minimum Gasteiger partial charge on any atom is -0.348 e. The fourth-order valence-corrected chi connectivity index (χ4v) is 2.87. The Labute approximate surface area is 129 Å². The predicted octanol–water partition coefficient (Wildman–Crippen LogP) is 1.98. The van der Waals surface area contributed by atoms with Gasteiger partial charge in [-0.1, -0.05) is 18.2 Å². The summed E-state index contributed by atoms with van der Waals surface area (Å²) in [6.07, 6.45) is 3.18. The molecule has 22 heavy (non-hydrogen) atoms. The smallest absolute Gasteiger partial charge is 0.252 e. The van der Waals surface area contributed by atoms with E-state index in [1.54, 1.807) is 12.3 Å². The second-order valence-electron chi connectivity index (χ2n) is 5.69. The van der Waals surface area contributed by atoms with Crippen LogP contribution >= 0.6 is 0 Å². The van der Waals surface area contributed by atoms with Crippen molar-refractivity contribution < 1.29 is 9.59 Å². The number of aromatic nitrogens is 1. The number of rotatable bonds is 4. The molecule has 1 N–H and O–H groups in total. The van der Waals surface area contributed by atoms with Gasteiger partial charge in [-0.05, 0) is 25.5 Å². The standard InChI is InChI=1S/C17H19N3O2/c1-12(11-20-10-4-7-16(20)21)19-17(22)14-8-9-18-15-6-3-2-5-13(14)15/h2-3,5-6,8-9,12H,4,7,10-11H2,1H3,(H,19,22). The molecular formula is C17H19N3O2. The highest BCUT2D eigenvalue weighted by atomic mass is 16.2. The Morgan fingerprint density at radius 1 is 1.36 bits per heavy atom. The van der Waals surface area contributed by atoms with Gasteiger partial charge in [0.15, 0.2) is 0 Å². The fraction of sp³-hybridized carbons (Fsp3) is 0.353. The Morgan fingerprint density at radius 3 is 2.95 bits per heavy atom. The monoisotopic (exact) mass is 297 g/mol. The van der Waals surface area contributed by atoms with E-state index in [0.29, 0.717) is 18.5 Å². The molecule has 0 spiro atoms. The van der Waals surface area contributed by atoms with Crippen LogP contribution in [-0.2, 0) is 4.79 Å². The molecule has 3 rings (SSSR count). The van der Waals surface area contributed by atoms with Crippen LogP contribution in [-0.4, -0.2) is 40.8 Å². The van der Waals surface area contributed by atoms with Crippen molar-refractivity contribution in [2.75, 3.05) is 13.1 Å². The third-order valence-electron chi connectivity index (χ3n) is 3.94. The highest BCUT2D eigenvalue weighted by Crippen LogP contribution is 2.16. The summed E-state index contributed by atoms with van der Waals surface area (Å²) in [7, 11) is 0. The van der Waals surface area contributed by atoms with Crippen molar-refractivity contribution in [3.05, 3.63) is 42.1 Å². The number of hydrogen-bond acceptors (Lipinski definition) is 3. The van der Waals surface area contributed by atoms with E-state index < -0.39 is 0 Å². The van der Waals surface area contributed by atoms with Crippen LogP contribution in [0.5, 0.6) is 0 Å². The lowest BCUT2D eigenvalue weighted by atomic mass is 10.1. The fourth-order valence-electron chi connectivity index (χ4n) is 2.87. The van der Waals surface area contributed by atoms with Gasteiger partial charge in [-0.2, -0.15) is 0 Å². The first-order chi connectivity index (χ1) is 10.6. The number of nitrogens with zero attached hydrogens (tertiary/aromatic N) is 2. The number of carbonyl (C=O) groups excluding carboxylic acids is 2. The van der Waals surface area contributed by atoms with E-state index in [2.05, 4.69) is 10.3 Å². The minimum atomic E-state index is -0.127. The molecule has 1 aliphatic rings. The summed E-state index contributed by atoms with van der Waals surface area (Å²) in [5.41, 5.74) is 1.42. The van der Waals surface area contributed by atoms with Crippen molar-refractivity contribution in [3.8, 4) is 0 Å². The summed E-state index contributed by atoms with van der Waals surface area (Å²) >= 11 is 0. The van der Waals surface area contributed by atoms with Crippen LogP contribution in [0.15, 0.2) is 36.5 Å². The Bertz CT molecular complexity index is 709. The van der Waals surface area contributed by atoms with Crippen molar-refractivity contribution in [3.63, 3.8) is 0 Å². The van der Waals surface area contributed by atoms with E-state index in [1.807, 2.05) is 36.1 Å². The average molecular weight is 297 g/mol. The number of pyridine rings is 1. The molecule has 0 radical (unpaired) electrons. The SMILES string of the molecule is CC(CN1CCCC1=O)NC(=O)c1ccnc2ccccc12. The molecule has 1 aromatic heterocycles. The third-order valence-corrected chi connectivity index (χ3v) is 3.94. The summed E-state index contributed by atoms with van der Waals surface area (Å²) < 4.78 is 0. The van der Waals surface area contributed by atoms with Crippen LogP contribution in [0.4, 0.5) is 0 Å². The van der Waals surface area contributed by atoms with Gasteiger partial charge in [-0.3, -0.25) is 14.6 Å². The molecular weight excluding hydrogens is 278 g/mol. The molecule has 1 aliphatic heterocycles. The molecule has 1 fully saturated rings. The number of carbonyl (C=O) groups is 2. The van der Waals surface area contributed by atoms with E-state index in [9.17, 15) is 9.59 Å². The van der Waals surface area contributed by atoms with Gasteiger partial charge >= 0.3 is 0 Å². The molecule has 1 unspecified atom stereocenters. The average Bonchev–Trinajstić information content (AvgIpc) is 2.91. The summed E-state index contributed by atoms with van der Waals surface area (Å²) in [5, 5.41) is 3.81. The van der Waals surface area contributed by atoms with Crippen molar-refractivity contribution in [2.45, 2.75) is 25.8 Å². The van der Waals surface area contributed by atoms with Gasteiger partial charge in [0, 0.05) is 37.1 Å². The van der Waals surface area contributed by atoms with Crippen LogP contribution in [0.1, 0.15) is 30.1 Å². The highest BCUT2D eigenvalue weighted by Gasteiger charge is 2.22. The van der Waals surface area contributed by atoms with Gasteiger partial charge in [-0.15, -0.1) is 0 Å². The van der Waals surface area contributed by atoms with E-state index in [1.165, 1.54) is 0 Å². The normalized spacial score (nSPS) is 16.0. The van der Waals surface area contributed by atoms with Gasteiger partial charge in [-0.25, -0.2) is 0 Å². The van der Waals surface area contributed by atoms with Crippen LogP contribution in [0.3, 0.4) is 0 Å². The Balaban J connectivity index is 1.72. The second kappa shape index (κ2) is 6.13. The number of likely N-dealkylation sites (tertiary alicyclic amines) is 1. The maximum atomic E-state index is 12.5. The van der Waals surface area contributed by atoms with E-state index >= 15 is 0 Å². The summed E-state index contributed by atoms with van der Waals surface area (Å²) in [6, 6.07) is 9.23. The van der Waals surface area contributed by atoms with E-state index in [4.69, 9.17) is 0 Å². The largest absolute Gasteiger partial charge is 0.348 e. The van der Waals surface area contributed by atoms with Crippen molar-refractivity contribution in [1.29, 1.82) is 0 Å². The lowest BCUT2D eigenvalue weighted by Gasteiger charge is -2.21. The second-order valence-corrected chi connectivity index (χ2v) is 5.69. The molecule has 2 amide bonds. The Hall–Kier alpha value is -2.43. The predicted molar refractivity (Wildman–Crippen MR) is 84.5 cm³/mol. The third kappa shape index (κ3) is 2.93. The summed E-state index contributed by atoms with van der Waals surface area (Å²) in [6.45, 7) is 3.28.